The first-order valence-corrected chi connectivity index (χ1v) is 5.76. The van der Waals surface area contributed by atoms with E-state index in [1.807, 2.05) is 0 Å². The maximum Gasteiger partial charge on any atom is 0.328 e. The van der Waals surface area contributed by atoms with Crippen LogP contribution in [0.1, 0.15) is 6.92 Å². The molecule has 1 rings (SSSR count). The molecule has 0 aromatic heterocycles. The Morgan fingerprint density at radius 1 is 1.42 bits per heavy atom. The molecule has 0 saturated carbocycles. The third-order valence-corrected chi connectivity index (χ3v) is 2.50. The molecule has 1 aliphatic heterocycles. The Hall–Kier alpha value is -2.32. The van der Waals surface area contributed by atoms with Gasteiger partial charge in [0.05, 0.1) is 6.54 Å². The number of amides is 4. The van der Waals surface area contributed by atoms with E-state index < -0.39 is 23.9 Å². The van der Waals surface area contributed by atoms with Gasteiger partial charge < -0.3 is 21.1 Å². The Labute approximate surface area is 109 Å². The summed E-state index contributed by atoms with van der Waals surface area (Å²) in [7, 11) is 0. The quantitative estimate of drug-likeness (QED) is 0.458. The van der Waals surface area contributed by atoms with Gasteiger partial charge in [-0.1, -0.05) is 0 Å². The number of hydrogen-bond donors (Lipinski definition) is 4. The van der Waals surface area contributed by atoms with Gasteiger partial charge in [0.2, 0.25) is 11.8 Å². The lowest BCUT2D eigenvalue weighted by molar-refractivity contribution is -0.144. The van der Waals surface area contributed by atoms with E-state index in [4.69, 9.17) is 5.11 Å². The van der Waals surface area contributed by atoms with E-state index in [1.54, 1.807) is 6.92 Å². The molecule has 1 unspecified atom stereocenters. The first kappa shape index (κ1) is 14.7. The summed E-state index contributed by atoms with van der Waals surface area (Å²) < 4.78 is 0. The van der Waals surface area contributed by atoms with Crippen molar-refractivity contribution in [2.75, 3.05) is 26.2 Å². The number of nitrogens with one attached hydrogen (secondary N) is 3. The van der Waals surface area contributed by atoms with Crippen LogP contribution in [0.3, 0.4) is 0 Å². The zero-order chi connectivity index (χ0) is 14.4. The van der Waals surface area contributed by atoms with Crippen molar-refractivity contribution in [3.05, 3.63) is 0 Å². The van der Waals surface area contributed by atoms with E-state index in [9.17, 15) is 19.2 Å². The second-order valence-electron chi connectivity index (χ2n) is 3.90. The average molecular weight is 272 g/mol. The Morgan fingerprint density at radius 2 is 2.11 bits per heavy atom. The summed E-state index contributed by atoms with van der Waals surface area (Å²) in [6.45, 7) is 1.39. The number of carboxylic acids is 1. The third kappa shape index (κ3) is 4.12. The third-order valence-electron chi connectivity index (χ3n) is 2.50. The number of aliphatic carboxylic acids is 1. The van der Waals surface area contributed by atoms with Crippen molar-refractivity contribution in [2.24, 2.45) is 0 Å². The largest absolute Gasteiger partial charge is 0.480 e. The van der Waals surface area contributed by atoms with Gasteiger partial charge in [0.1, 0.15) is 12.6 Å². The number of rotatable bonds is 4. The fraction of sp³-hybridized carbons (Fsp3) is 0.600. The number of nitrogens with zero attached hydrogens (tertiary/aromatic N) is 1. The van der Waals surface area contributed by atoms with Crippen molar-refractivity contribution in [3.8, 4) is 0 Å². The summed E-state index contributed by atoms with van der Waals surface area (Å²) in [6, 6.07) is -1.89. The lowest BCUT2D eigenvalue weighted by Crippen LogP contribution is -2.61. The maximum atomic E-state index is 11.8. The number of likely N-dealkylation sites (N-methyl/N-ethyl adjacent to an activating group) is 1. The van der Waals surface area contributed by atoms with Gasteiger partial charge in [-0.05, 0) is 6.92 Å². The van der Waals surface area contributed by atoms with Crippen LogP contribution < -0.4 is 16.0 Å². The molecule has 4 N–H and O–H groups in total. The number of urea groups is 1. The highest BCUT2D eigenvalue weighted by molar-refractivity contribution is 5.92. The monoisotopic (exact) mass is 272 g/mol. The Bertz CT molecular complexity index is 397. The highest BCUT2D eigenvalue weighted by atomic mass is 16.4. The summed E-state index contributed by atoms with van der Waals surface area (Å²) in [6.07, 6.45) is 0. The van der Waals surface area contributed by atoms with E-state index in [0.29, 0.717) is 6.54 Å². The van der Waals surface area contributed by atoms with Crippen molar-refractivity contribution >= 4 is 23.8 Å². The fourth-order valence-electron chi connectivity index (χ4n) is 1.59. The van der Waals surface area contributed by atoms with E-state index >= 15 is 0 Å². The molecule has 1 aliphatic rings. The lowest BCUT2D eigenvalue weighted by Gasteiger charge is -2.32. The highest BCUT2D eigenvalue weighted by Crippen LogP contribution is 2.04. The van der Waals surface area contributed by atoms with Gasteiger partial charge >= 0.3 is 12.0 Å². The van der Waals surface area contributed by atoms with Crippen LogP contribution in [0.15, 0.2) is 0 Å². The van der Waals surface area contributed by atoms with Gasteiger partial charge in [-0.3, -0.25) is 14.5 Å². The second kappa shape index (κ2) is 6.57. The molecule has 0 aromatic carbocycles. The van der Waals surface area contributed by atoms with Crippen LogP contribution in [0.5, 0.6) is 0 Å². The van der Waals surface area contributed by atoms with Crippen LogP contribution >= 0.6 is 0 Å². The molecule has 0 aromatic rings. The van der Waals surface area contributed by atoms with Crippen LogP contribution in [0, 0.1) is 0 Å². The number of carboxylic acid groups (broad SMARTS) is 1. The zero-order valence-corrected chi connectivity index (χ0v) is 10.4. The van der Waals surface area contributed by atoms with Crippen LogP contribution in [0.4, 0.5) is 4.79 Å². The van der Waals surface area contributed by atoms with E-state index in [1.165, 1.54) is 0 Å². The minimum absolute atomic E-state index is 0.150. The van der Waals surface area contributed by atoms with Gasteiger partial charge in [0, 0.05) is 13.1 Å². The Balaban J connectivity index is 2.58. The molecule has 4 amide bonds. The maximum absolute atomic E-state index is 11.8. The average Bonchev–Trinajstić information content (AvgIpc) is 2.35. The van der Waals surface area contributed by atoms with Crippen LogP contribution in [-0.4, -0.2) is 66.0 Å². The topological polar surface area (TPSA) is 128 Å². The molecule has 9 nitrogen and oxygen atoms in total. The molecule has 0 aliphatic carbocycles. The lowest BCUT2D eigenvalue weighted by atomic mass is 10.2. The number of carbonyl (C=O) groups is 4. The van der Waals surface area contributed by atoms with Crippen molar-refractivity contribution in [3.63, 3.8) is 0 Å². The molecule has 0 radical (unpaired) electrons. The van der Waals surface area contributed by atoms with Crippen molar-refractivity contribution in [2.45, 2.75) is 13.0 Å². The van der Waals surface area contributed by atoms with Gasteiger partial charge in [-0.2, -0.15) is 0 Å². The van der Waals surface area contributed by atoms with Crippen LogP contribution in [-0.2, 0) is 14.4 Å². The summed E-state index contributed by atoms with van der Waals surface area (Å²) in [5.74, 6) is -2.04. The van der Waals surface area contributed by atoms with Gasteiger partial charge in [0.15, 0.2) is 0 Å². The molecule has 106 valence electrons. The van der Waals surface area contributed by atoms with Crippen molar-refractivity contribution in [1.82, 2.24) is 20.9 Å². The van der Waals surface area contributed by atoms with E-state index in [-0.39, 0.29) is 25.5 Å². The van der Waals surface area contributed by atoms with Gasteiger partial charge in [-0.25, -0.2) is 9.59 Å². The number of piperazine rings is 1. The summed E-state index contributed by atoms with van der Waals surface area (Å²) in [5.41, 5.74) is 0. The van der Waals surface area contributed by atoms with Gasteiger partial charge in [0.25, 0.3) is 0 Å². The standard InChI is InChI=1S/C10H16N4O5/c1-2-11-7(15)4-13-10(19)14-5-8(16)12-3-6(14)9(17)18/h6H,2-5H2,1H3,(H,11,15)(H,12,16)(H,13,19)(H,17,18). The molecule has 1 fully saturated rings. The first-order chi connectivity index (χ1) is 8.95. The predicted octanol–water partition coefficient (Wildman–Crippen LogP) is -2.28. The Kier molecular flexibility index (Phi) is 5.10. The van der Waals surface area contributed by atoms with Crippen molar-refractivity contribution < 1.29 is 24.3 Å². The minimum Gasteiger partial charge on any atom is -0.480 e. The van der Waals surface area contributed by atoms with E-state index in [2.05, 4.69) is 16.0 Å². The molecule has 1 saturated heterocycles. The predicted molar refractivity (Wildman–Crippen MR) is 63.2 cm³/mol. The highest BCUT2D eigenvalue weighted by Gasteiger charge is 2.35. The minimum atomic E-state index is -1.21. The van der Waals surface area contributed by atoms with Crippen LogP contribution in [0.2, 0.25) is 0 Å². The van der Waals surface area contributed by atoms with Crippen LogP contribution in [0.25, 0.3) is 0 Å². The molecule has 1 atom stereocenters. The van der Waals surface area contributed by atoms with Crippen molar-refractivity contribution in [1.29, 1.82) is 0 Å². The SMILES string of the molecule is CCNC(=O)CNC(=O)N1CC(=O)NCC1C(=O)O. The van der Waals surface area contributed by atoms with E-state index in [0.717, 1.165) is 4.90 Å². The molecule has 0 spiro atoms. The number of hydrogen-bond acceptors (Lipinski definition) is 4. The Morgan fingerprint density at radius 3 is 2.68 bits per heavy atom. The fourth-order valence-corrected chi connectivity index (χ4v) is 1.59. The molecule has 0 bridgehead atoms. The summed E-state index contributed by atoms with van der Waals surface area (Å²) >= 11 is 0. The molecular formula is C10H16N4O5. The smallest absolute Gasteiger partial charge is 0.328 e. The summed E-state index contributed by atoms with van der Waals surface area (Å²) in [5, 5.41) is 16.1. The normalized spacial score (nSPS) is 18.5. The molecule has 1 heterocycles. The number of carbonyl (C=O) groups excluding carboxylic acids is 3. The second-order valence-corrected chi connectivity index (χ2v) is 3.90. The first-order valence-electron chi connectivity index (χ1n) is 5.76. The molecular weight excluding hydrogens is 256 g/mol. The van der Waals surface area contributed by atoms with Gasteiger partial charge in [-0.15, -0.1) is 0 Å². The molecule has 9 heteroatoms. The summed E-state index contributed by atoms with van der Waals surface area (Å²) in [4.78, 5) is 46.0. The molecule has 19 heavy (non-hydrogen) atoms. The zero-order valence-electron chi connectivity index (χ0n) is 10.4.